The van der Waals surface area contributed by atoms with Crippen LogP contribution in [0.25, 0.3) is 32.9 Å². The van der Waals surface area contributed by atoms with E-state index in [4.69, 9.17) is 31.0 Å². The Kier molecular flexibility index (Phi) is 6.00. The number of hydrogen-bond acceptors (Lipinski definition) is 8. The number of nitrogens with one attached hydrogen (secondary N) is 1. The Hall–Kier alpha value is -3.41. The summed E-state index contributed by atoms with van der Waals surface area (Å²) in [7, 11) is 0. The minimum atomic E-state index is -0.902. The quantitative estimate of drug-likeness (QED) is 0.323. The fourth-order valence-corrected chi connectivity index (χ4v) is 8.59. The summed E-state index contributed by atoms with van der Waals surface area (Å²) < 4.78 is 58.6. The van der Waals surface area contributed by atoms with Crippen LogP contribution in [-0.2, 0) is 0 Å². The van der Waals surface area contributed by atoms with Crippen molar-refractivity contribution in [1.82, 2.24) is 25.2 Å². The van der Waals surface area contributed by atoms with Crippen LogP contribution < -0.4 is 19.7 Å². The second-order valence-corrected chi connectivity index (χ2v) is 13.2. The van der Waals surface area contributed by atoms with Gasteiger partial charge in [-0.1, -0.05) is 35.9 Å². The molecule has 0 saturated carbocycles. The third-order valence-electron chi connectivity index (χ3n) is 10.4. The van der Waals surface area contributed by atoms with Crippen LogP contribution in [0.1, 0.15) is 32.1 Å². The fraction of sp³-hybridized carbons (Fsp3) is 0.469. The highest BCUT2D eigenvalue weighted by Crippen LogP contribution is 2.45. The van der Waals surface area contributed by atoms with Gasteiger partial charge in [0, 0.05) is 42.5 Å². The van der Waals surface area contributed by atoms with Crippen molar-refractivity contribution in [3.8, 4) is 23.1 Å². The minimum Gasteiger partial charge on any atom is -0.475 e. The largest absolute Gasteiger partial charge is 0.475 e. The van der Waals surface area contributed by atoms with Crippen molar-refractivity contribution < 1.29 is 22.6 Å². The molecule has 0 aliphatic carbocycles. The van der Waals surface area contributed by atoms with E-state index < -0.39 is 23.3 Å². The van der Waals surface area contributed by atoms with E-state index in [-0.39, 0.29) is 52.9 Å². The van der Waals surface area contributed by atoms with Gasteiger partial charge in [-0.2, -0.15) is 9.97 Å². The van der Waals surface area contributed by atoms with Crippen LogP contribution in [0.3, 0.4) is 0 Å². The average molecular weight is 623 g/mol. The lowest BCUT2D eigenvalue weighted by Gasteiger charge is -2.40. The van der Waals surface area contributed by atoms with E-state index in [1.807, 2.05) is 0 Å². The van der Waals surface area contributed by atoms with Crippen LogP contribution in [0.4, 0.5) is 19.0 Å². The van der Waals surface area contributed by atoms with Gasteiger partial charge in [0.25, 0.3) is 0 Å². The summed E-state index contributed by atoms with van der Waals surface area (Å²) in [6.07, 6.45) is 3.34. The molecule has 1 N–H and O–H groups in total. The van der Waals surface area contributed by atoms with Gasteiger partial charge < -0.3 is 19.7 Å². The molecule has 12 heteroatoms. The topological polar surface area (TPSA) is 75.6 Å². The normalized spacial score (nSPS) is 29.1. The number of halogens is 4. The Balaban J connectivity index is 1.23. The lowest BCUT2D eigenvalue weighted by molar-refractivity contribution is 0.107. The number of piperazine rings is 1. The van der Waals surface area contributed by atoms with Crippen molar-refractivity contribution in [2.24, 2.45) is 0 Å². The summed E-state index contributed by atoms with van der Waals surface area (Å²) in [6.45, 7) is 2.45. The van der Waals surface area contributed by atoms with Gasteiger partial charge in [0.1, 0.15) is 47.6 Å². The minimum absolute atomic E-state index is 0.0108. The van der Waals surface area contributed by atoms with Gasteiger partial charge >= 0.3 is 6.01 Å². The highest BCUT2D eigenvalue weighted by Gasteiger charge is 2.50. The number of ether oxygens (including phenoxy) is 2. The first-order valence-corrected chi connectivity index (χ1v) is 15.7. The standard InChI is InChI=1S/C32H30ClF3N6O2/c33-25-20(35)7-5-16-3-1-4-19(23(16)25)27-26(36)28-24-29(42-13-18-6-8-21(37-18)22(42)14-43-30(24)38-27)40-31(39-28)44-15-32-9-2-10-41(32)12-17(34)11-32/h1,3-5,7,17-18,21-22,37H,2,6,8-15H2/t17-,18?,21?,22?,32+/m1/s1. The molecule has 2 aromatic heterocycles. The Morgan fingerprint density at radius 2 is 2.00 bits per heavy atom. The van der Waals surface area contributed by atoms with E-state index in [1.165, 1.54) is 6.07 Å². The lowest BCUT2D eigenvalue weighted by Crippen LogP contribution is -2.60. The van der Waals surface area contributed by atoms with Crippen molar-refractivity contribution in [2.45, 2.75) is 61.9 Å². The van der Waals surface area contributed by atoms with E-state index in [0.29, 0.717) is 53.7 Å². The first-order valence-electron chi connectivity index (χ1n) is 15.3. The molecule has 9 rings (SSSR count). The SMILES string of the molecule is Fc1ccc2cccc(-c3nc4c5c(nc(OC[C@@]67CCCN6C[C@H](F)C7)nc5c3F)N3CC5CCC(N5)C3CO4)c2c1Cl. The smallest absolute Gasteiger partial charge is 0.319 e. The van der Waals surface area contributed by atoms with Gasteiger partial charge in [0.05, 0.1) is 16.6 Å². The number of alkyl halides is 1. The second-order valence-electron chi connectivity index (χ2n) is 12.8. The number of rotatable bonds is 4. The molecule has 0 amide bonds. The second kappa shape index (κ2) is 9.79. The number of fused-ring (bicyclic) bond motifs is 7. The molecule has 2 aromatic carbocycles. The van der Waals surface area contributed by atoms with Crippen molar-refractivity contribution in [2.75, 3.05) is 37.7 Å². The maximum atomic E-state index is 16.9. The Labute approximate surface area is 256 Å². The summed E-state index contributed by atoms with van der Waals surface area (Å²) in [5.74, 6) is -0.568. The maximum Gasteiger partial charge on any atom is 0.319 e. The van der Waals surface area contributed by atoms with Gasteiger partial charge in [-0.05, 0) is 43.7 Å². The van der Waals surface area contributed by atoms with Crippen LogP contribution in [-0.4, -0.2) is 82.5 Å². The van der Waals surface area contributed by atoms with Gasteiger partial charge in [-0.25, -0.2) is 18.2 Å². The molecule has 8 nitrogen and oxygen atoms in total. The molecule has 5 aliphatic heterocycles. The average Bonchev–Trinajstić information content (AvgIpc) is 3.66. The third-order valence-corrected chi connectivity index (χ3v) is 10.7. The summed E-state index contributed by atoms with van der Waals surface area (Å²) in [4.78, 5) is 18.5. The van der Waals surface area contributed by atoms with E-state index in [2.05, 4.69) is 20.1 Å². The zero-order valence-corrected chi connectivity index (χ0v) is 24.6. The number of pyridine rings is 1. The Bertz CT molecular complexity index is 1850. The molecular weight excluding hydrogens is 593 g/mol. The number of nitrogens with zero attached hydrogens (tertiary/aromatic N) is 5. The molecule has 4 aromatic rings. The van der Waals surface area contributed by atoms with Crippen LogP contribution in [0, 0.1) is 11.6 Å². The predicted octanol–water partition coefficient (Wildman–Crippen LogP) is 5.43. The molecule has 228 valence electrons. The fourth-order valence-electron chi connectivity index (χ4n) is 8.31. The van der Waals surface area contributed by atoms with Gasteiger partial charge in [0.2, 0.25) is 5.88 Å². The highest BCUT2D eigenvalue weighted by atomic mass is 35.5. The molecule has 0 spiro atoms. The third kappa shape index (κ3) is 3.94. The molecule has 5 atom stereocenters. The summed E-state index contributed by atoms with van der Waals surface area (Å²) in [5.41, 5.74) is -0.117. The Morgan fingerprint density at radius 1 is 1.09 bits per heavy atom. The monoisotopic (exact) mass is 622 g/mol. The first kappa shape index (κ1) is 26.9. The number of anilines is 1. The molecular formula is C32H30ClF3N6O2. The molecule has 3 unspecified atom stereocenters. The number of benzene rings is 2. The molecule has 2 bridgehead atoms. The van der Waals surface area contributed by atoms with Crippen molar-refractivity contribution >= 4 is 39.1 Å². The lowest BCUT2D eigenvalue weighted by atomic mass is 9.95. The van der Waals surface area contributed by atoms with Crippen molar-refractivity contribution in [3.63, 3.8) is 0 Å². The summed E-state index contributed by atoms with van der Waals surface area (Å²) >= 11 is 6.44. The molecule has 7 heterocycles. The molecule has 4 fully saturated rings. The molecule has 44 heavy (non-hydrogen) atoms. The molecule has 5 aliphatic rings. The summed E-state index contributed by atoms with van der Waals surface area (Å²) in [5, 5.41) is 4.95. The van der Waals surface area contributed by atoms with E-state index in [0.717, 1.165) is 32.2 Å². The number of hydrogen-bond donors (Lipinski definition) is 1. The number of aromatic nitrogens is 3. The van der Waals surface area contributed by atoms with Crippen LogP contribution in [0.15, 0.2) is 30.3 Å². The van der Waals surface area contributed by atoms with E-state index >= 15 is 4.39 Å². The van der Waals surface area contributed by atoms with Crippen molar-refractivity contribution in [3.05, 3.63) is 47.0 Å². The van der Waals surface area contributed by atoms with Crippen molar-refractivity contribution in [1.29, 1.82) is 0 Å². The van der Waals surface area contributed by atoms with Crippen LogP contribution in [0.5, 0.6) is 11.9 Å². The van der Waals surface area contributed by atoms with Gasteiger partial charge in [-0.15, -0.1) is 0 Å². The Morgan fingerprint density at radius 3 is 2.91 bits per heavy atom. The van der Waals surface area contributed by atoms with Crippen LogP contribution in [0.2, 0.25) is 5.02 Å². The van der Waals surface area contributed by atoms with E-state index in [1.54, 1.807) is 24.3 Å². The maximum absolute atomic E-state index is 16.9. The zero-order chi connectivity index (χ0) is 29.7. The van der Waals surface area contributed by atoms with Gasteiger partial charge in [-0.3, -0.25) is 4.90 Å². The molecule has 0 radical (unpaired) electrons. The molecule has 4 saturated heterocycles. The first-order chi connectivity index (χ1) is 21.4. The van der Waals surface area contributed by atoms with Crippen LogP contribution >= 0.6 is 11.6 Å². The van der Waals surface area contributed by atoms with Gasteiger partial charge in [0.15, 0.2) is 5.82 Å². The van der Waals surface area contributed by atoms with E-state index in [9.17, 15) is 8.78 Å². The zero-order valence-electron chi connectivity index (χ0n) is 23.8. The summed E-state index contributed by atoms with van der Waals surface area (Å²) in [6, 6.07) is 8.56. The predicted molar refractivity (Wildman–Crippen MR) is 160 cm³/mol. The highest BCUT2D eigenvalue weighted by molar-refractivity contribution is 6.36.